The number of rotatable bonds is 3. The molecule has 3 nitrogen and oxygen atoms in total. The molecular weight excluding hydrogens is 236 g/mol. The monoisotopic (exact) mass is 262 g/mol. The summed E-state index contributed by atoms with van der Waals surface area (Å²) in [4.78, 5) is 4.25. The molecule has 0 unspecified atom stereocenters. The smallest absolute Gasteiger partial charge is 0.213 e. The number of ether oxygens (including phenoxy) is 1. The van der Waals surface area contributed by atoms with Gasteiger partial charge in [0, 0.05) is 12.1 Å². The molecule has 1 aromatic heterocycles. The Hall–Kier alpha value is -1.25. The molecule has 1 saturated carbocycles. The van der Waals surface area contributed by atoms with Crippen molar-refractivity contribution in [1.29, 1.82) is 0 Å². The van der Waals surface area contributed by atoms with E-state index in [1.165, 1.54) is 19.3 Å². The van der Waals surface area contributed by atoms with E-state index in [4.69, 9.17) is 4.74 Å². The van der Waals surface area contributed by atoms with Crippen LogP contribution in [0.1, 0.15) is 47.0 Å². The zero-order valence-electron chi connectivity index (χ0n) is 12.8. The molecule has 1 N–H and O–H groups in total. The van der Waals surface area contributed by atoms with Gasteiger partial charge in [0.05, 0.1) is 19.0 Å². The molecule has 1 heterocycles. The average Bonchev–Trinajstić information content (AvgIpc) is 2.25. The highest BCUT2D eigenvalue weighted by Crippen LogP contribution is 2.46. The summed E-state index contributed by atoms with van der Waals surface area (Å²) in [5.74, 6) is 0.662. The van der Waals surface area contributed by atoms with Crippen LogP contribution in [-0.4, -0.2) is 18.1 Å². The molecule has 0 aliphatic heterocycles. The van der Waals surface area contributed by atoms with Crippen molar-refractivity contribution in [3.05, 3.63) is 18.3 Å². The summed E-state index contributed by atoms with van der Waals surface area (Å²) in [7, 11) is 1.64. The van der Waals surface area contributed by atoms with Gasteiger partial charge in [-0.2, -0.15) is 0 Å². The Morgan fingerprint density at radius 1 is 1.16 bits per heavy atom. The summed E-state index contributed by atoms with van der Waals surface area (Å²) < 4.78 is 5.09. The predicted molar refractivity (Wildman–Crippen MR) is 79.6 cm³/mol. The highest BCUT2D eigenvalue weighted by atomic mass is 16.5. The fourth-order valence-electron chi connectivity index (χ4n) is 3.77. The van der Waals surface area contributed by atoms with Crippen molar-refractivity contribution in [3.8, 4) is 5.88 Å². The third-order valence-corrected chi connectivity index (χ3v) is 3.87. The topological polar surface area (TPSA) is 34.1 Å². The van der Waals surface area contributed by atoms with E-state index < -0.39 is 0 Å². The normalized spacial score (nSPS) is 21.9. The van der Waals surface area contributed by atoms with Crippen LogP contribution in [0.2, 0.25) is 0 Å². The second-order valence-corrected chi connectivity index (χ2v) is 7.34. The van der Waals surface area contributed by atoms with Gasteiger partial charge in [-0.25, -0.2) is 4.98 Å². The number of hydrogen-bond donors (Lipinski definition) is 1. The van der Waals surface area contributed by atoms with Crippen molar-refractivity contribution in [2.45, 2.75) is 53.0 Å². The number of methoxy groups -OCH3 is 1. The maximum absolute atomic E-state index is 5.09. The number of hydrogen-bond acceptors (Lipinski definition) is 3. The van der Waals surface area contributed by atoms with Gasteiger partial charge in [0.1, 0.15) is 0 Å². The van der Waals surface area contributed by atoms with E-state index in [0.29, 0.717) is 22.8 Å². The first-order chi connectivity index (χ1) is 8.80. The van der Waals surface area contributed by atoms with Gasteiger partial charge >= 0.3 is 0 Å². The van der Waals surface area contributed by atoms with Crippen molar-refractivity contribution in [1.82, 2.24) is 4.98 Å². The van der Waals surface area contributed by atoms with Gasteiger partial charge < -0.3 is 10.1 Å². The third kappa shape index (κ3) is 3.85. The van der Waals surface area contributed by atoms with Crippen LogP contribution in [0.15, 0.2) is 18.3 Å². The summed E-state index contributed by atoms with van der Waals surface area (Å²) in [6, 6.07) is 4.47. The van der Waals surface area contributed by atoms with E-state index >= 15 is 0 Å². The summed E-state index contributed by atoms with van der Waals surface area (Å²) >= 11 is 0. The van der Waals surface area contributed by atoms with Crippen molar-refractivity contribution < 1.29 is 4.74 Å². The molecule has 1 aromatic rings. The minimum Gasteiger partial charge on any atom is -0.481 e. The Labute approximate surface area is 116 Å². The zero-order valence-corrected chi connectivity index (χ0v) is 12.8. The molecule has 0 aromatic carbocycles. The molecule has 0 saturated heterocycles. The Balaban J connectivity index is 2.05. The van der Waals surface area contributed by atoms with Crippen LogP contribution in [0.25, 0.3) is 0 Å². The lowest BCUT2D eigenvalue weighted by Gasteiger charge is -2.45. The molecule has 3 heteroatoms. The average molecular weight is 262 g/mol. The summed E-state index contributed by atoms with van der Waals surface area (Å²) in [6.07, 6.45) is 5.57. The number of anilines is 1. The zero-order chi connectivity index (χ0) is 14.1. The van der Waals surface area contributed by atoms with Crippen molar-refractivity contribution >= 4 is 5.69 Å². The van der Waals surface area contributed by atoms with Crippen LogP contribution in [0.4, 0.5) is 5.69 Å². The fraction of sp³-hybridized carbons (Fsp3) is 0.688. The second-order valence-electron chi connectivity index (χ2n) is 7.34. The predicted octanol–water partition coefficient (Wildman–Crippen LogP) is 4.11. The Morgan fingerprint density at radius 3 is 2.26 bits per heavy atom. The molecule has 1 fully saturated rings. The first-order valence-corrected chi connectivity index (χ1v) is 7.06. The summed E-state index contributed by atoms with van der Waals surface area (Å²) in [5.41, 5.74) is 1.89. The van der Waals surface area contributed by atoms with Gasteiger partial charge in [0.15, 0.2) is 0 Å². The lowest BCUT2D eigenvalue weighted by Crippen LogP contribution is -2.40. The highest BCUT2D eigenvalue weighted by Gasteiger charge is 2.38. The first kappa shape index (κ1) is 14.2. The van der Waals surface area contributed by atoms with E-state index in [1.54, 1.807) is 7.11 Å². The minimum atomic E-state index is 0.402. The van der Waals surface area contributed by atoms with Crippen LogP contribution < -0.4 is 10.1 Å². The molecule has 1 aliphatic rings. The lowest BCUT2D eigenvalue weighted by molar-refractivity contribution is 0.105. The van der Waals surface area contributed by atoms with Gasteiger partial charge in [-0.3, -0.25) is 0 Å². The maximum Gasteiger partial charge on any atom is 0.213 e. The highest BCUT2D eigenvalue weighted by molar-refractivity contribution is 5.43. The van der Waals surface area contributed by atoms with Crippen molar-refractivity contribution in [3.63, 3.8) is 0 Å². The number of nitrogens with zero attached hydrogens (tertiary/aromatic N) is 1. The number of aromatic nitrogens is 1. The quantitative estimate of drug-likeness (QED) is 0.890. The Kier molecular flexibility index (Phi) is 3.75. The van der Waals surface area contributed by atoms with Gasteiger partial charge in [-0.1, -0.05) is 27.7 Å². The van der Waals surface area contributed by atoms with Gasteiger partial charge in [0.25, 0.3) is 0 Å². The molecule has 19 heavy (non-hydrogen) atoms. The lowest BCUT2D eigenvalue weighted by atomic mass is 9.63. The Bertz CT molecular complexity index is 407. The van der Waals surface area contributed by atoms with Gasteiger partial charge in [0.2, 0.25) is 5.88 Å². The number of pyridine rings is 1. The van der Waals surface area contributed by atoms with Gasteiger partial charge in [-0.05, 0) is 36.2 Å². The Morgan fingerprint density at radius 2 is 1.79 bits per heavy atom. The van der Waals surface area contributed by atoms with Crippen LogP contribution in [0.5, 0.6) is 5.88 Å². The van der Waals surface area contributed by atoms with E-state index in [-0.39, 0.29) is 0 Å². The van der Waals surface area contributed by atoms with Crippen molar-refractivity contribution in [2.75, 3.05) is 12.4 Å². The molecule has 0 spiro atoms. The summed E-state index contributed by atoms with van der Waals surface area (Å²) in [6.45, 7) is 9.48. The molecule has 0 atom stereocenters. The summed E-state index contributed by atoms with van der Waals surface area (Å²) in [5, 5.41) is 3.63. The molecule has 106 valence electrons. The second kappa shape index (κ2) is 5.03. The first-order valence-electron chi connectivity index (χ1n) is 7.06. The molecule has 1 aliphatic carbocycles. The number of nitrogens with one attached hydrogen (secondary N) is 1. The molecular formula is C16H26N2O. The SMILES string of the molecule is COc1ccc(NC2CC(C)(C)CC(C)(C)C2)cn1. The van der Waals surface area contributed by atoms with Gasteiger partial charge in [-0.15, -0.1) is 0 Å². The van der Waals surface area contributed by atoms with E-state index in [9.17, 15) is 0 Å². The fourth-order valence-corrected chi connectivity index (χ4v) is 3.77. The van der Waals surface area contributed by atoms with Crippen LogP contribution in [-0.2, 0) is 0 Å². The molecule has 0 amide bonds. The van der Waals surface area contributed by atoms with E-state index in [2.05, 4.69) is 38.0 Å². The molecule has 0 bridgehead atoms. The van der Waals surface area contributed by atoms with Crippen LogP contribution in [0, 0.1) is 10.8 Å². The van der Waals surface area contributed by atoms with Crippen molar-refractivity contribution in [2.24, 2.45) is 10.8 Å². The van der Waals surface area contributed by atoms with Crippen LogP contribution >= 0.6 is 0 Å². The van der Waals surface area contributed by atoms with E-state index in [0.717, 1.165) is 5.69 Å². The largest absolute Gasteiger partial charge is 0.481 e. The van der Waals surface area contributed by atoms with Crippen LogP contribution in [0.3, 0.4) is 0 Å². The standard InChI is InChI=1S/C16H26N2O/c1-15(2)8-13(9-16(3,4)11-15)18-12-6-7-14(19-5)17-10-12/h6-7,10,13,18H,8-9,11H2,1-5H3. The molecule has 2 rings (SSSR count). The maximum atomic E-state index is 5.09. The third-order valence-electron chi connectivity index (χ3n) is 3.87. The van der Waals surface area contributed by atoms with E-state index in [1.807, 2.05) is 18.3 Å². The minimum absolute atomic E-state index is 0.402. The molecule has 0 radical (unpaired) electrons.